The van der Waals surface area contributed by atoms with Crippen LogP contribution in [0.4, 0.5) is 0 Å². The summed E-state index contributed by atoms with van der Waals surface area (Å²) < 4.78 is 10.4. The third kappa shape index (κ3) is 4.40. The fraction of sp³-hybridized carbons (Fsp3) is 1.00. The van der Waals surface area contributed by atoms with Gasteiger partial charge in [-0.2, -0.15) is 0 Å². The molecule has 1 N–H and O–H groups in total. The van der Waals surface area contributed by atoms with E-state index < -0.39 is 5.79 Å². The van der Waals surface area contributed by atoms with E-state index in [0.29, 0.717) is 11.8 Å². The lowest BCUT2D eigenvalue weighted by Crippen LogP contribution is -2.39. The molecule has 1 unspecified atom stereocenters. The van der Waals surface area contributed by atoms with E-state index in [0.717, 1.165) is 12.8 Å². The lowest BCUT2D eigenvalue weighted by molar-refractivity contribution is -0.204. The van der Waals surface area contributed by atoms with Crippen LogP contribution in [0.25, 0.3) is 0 Å². The molecule has 0 aliphatic rings. The van der Waals surface area contributed by atoms with Gasteiger partial charge in [-0.3, -0.25) is 0 Å². The van der Waals surface area contributed by atoms with Gasteiger partial charge in [0, 0.05) is 20.6 Å². The van der Waals surface area contributed by atoms with E-state index >= 15 is 0 Å². The fourth-order valence-corrected chi connectivity index (χ4v) is 1.89. The summed E-state index contributed by atoms with van der Waals surface area (Å²) in [7, 11) is 3.17. The van der Waals surface area contributed by atoms with Crippen molar-refractivity contribution in [1.29, 1.82) is 0 Å². The van der Waals surface area contributed by atoms with Crippen molar-refractivity contribution in [3.63, 3.8) is 0 Å². The topological polar surface area (TPSA) is 38.7 Å². The predicted octanol–water partition coefficient (Wildman–Crippen LogP) is 1.92. The summed E-state index contributed by atoms with van der Waals surface area (Å²) >= 11 is 3.31. The molecule has 0 radical (unpaired) electrons. The number of hydrogen-bond acceptors (Lipinski definition) is 3. The molecule has 0 amide bonds. The molecule has 0 saturated carbocycles. The quantitative estimate of drug-likeness (QED) is 0.558. The summed E-state index contributed by atoms with van der Waals surface area (Å²) in [5.41, 5.74) is 0. The molecule has 0 bridgehead atoms. The smallest absolute Gasteiger partial charge is 0.179 e. The maximum atomic E-state index is 9.60. The second-order valence-electron chi connectivity index (χ2n) is 3.10. The van der Waals surface area contributed by atoms with Gasteiger partial charge in [0.25, 0.3) is 0 Å². The fourth-order valence-electron chi connectivity index (χ4n) is 1.21. The van der Waals surface area contributed by atoms with E-state index in [9.17, 15) is 5.11 Å². The zero-order chi connectivity index (χ0) is 10.3. The molecule has 80 valence electrons. The minimum Gasteiger partial charge on any atom is -0.393 e. The summed E-state index contributed by atoms with van der Waals surface area (Å²) in [6, 6.07) is 0. The summed E-state index contributed by atoms with van der Waals surface area (Å²) in [5, 5.41) is 10.2. The monoisotopic (exact) mass is 254 g/mol. The van der Waals surface area contributed by atoms with Crippen LogP contribution < -0.4 is 0 Å². The Bertz CT molecular complexity index is 118. The summed E-state index contributed by atoms with van der Waals surface area (Å²) in [5.74, 6) is -0.686. The molecule has 0 heterocycles. The van der Waals surface area contributed by atoms with Gasteiger partial charge in [0.1, 0.15) is 0 Å². The Morgan fingerprint density at radius 3 is 2.23 bits per heavy atom. The molecule has 0 aromatic carbocycles. The maximum Gasteiger partial charge on any atom is 0.179 e. The first-order chi connectivity index (χ1) is 6.14. The lowest BCUT2D eigenvalue weighted by atomic mass is 10.1. The molecule has 0 aromatic heterocycles. The van der Waals surface area contributed by atoms with E-state index in [-0.39, 0.29) is 6.10 Å². The van der Waals surface area contributed by atoms with Crippen molar-refractivity contribution in [2.24, 2.45) is 0 Å². The molecule has 0 saturated heterocycles. The van der Waals surface area contributed by atoms with Gasteiger partial charge in [-0.05, 0) is 6.42 Å². The van der Waals surface area contributed by atoms with Crippen molar-refractivity contribution in [2.75, 3.05) is 19.5 Å². The van der Waals surface area contributed by atoms with Crippen molar-refractivity contribution in [3.05, 3.63) is 0 Å². The highest BCUT2D eigenvalue weighted by Crippen LogP contribution is 2.22. The minimum absolute atomic E-state index is 0.359. The van der Waals surface area contributed by atoms with Gasteiger partial charge in [0.05, 0.1) is 11.4 Å². The van der Waals surface area contributed by atoms with Gasteiger partial charge in [0.15, 0.2) is 5.79 Å². The molecular weight excluding hydrogens is 236 g/mol. The van der Waals surface area contributed by atoms with Gasteiger partial charge in [-0.15, -0.1) is 0 Å². The third-order valence-corrected chi connectivity index (χ3v) is 2.97. The van der Waals surface area contributed by atoms with Crippen LogP contribution in [0.3, 0.4) is 0 Å². The lowest BCUT2D eigenvalue weighted by Gasteiger charge is -2.30. The van der Waals surface area contributed by atoms with Crippen LogP contribution in [0.2, 0.25) is 0 Å². The highest BCUT2D eigenvalue weighted by molar-refractivity contribution is 9.09. The molecule has 3 nitrogen and oxygen atoms in total. The van der Waals surface area contributed by atoms with Crippen LogP contribution in [-0.4, -0.2) is 36.5 Å². The average Bonchev–Trinajstić information content (AvgIpc) is 2.15. The highest BCUT2D eigenvalue weighted by Gasteiger charge is 2.30. The Morgan fingerprint density at radius 2 is 1.92 bits per heavy atom. The van der Waals surface area contributed by atoms with Crippen LogP contribution in [-0.2, 0) is 9.47 Å². The van der Waals surface area contributed by atoms with Crippen molar-refractivity contribution < 1.29 is 14.6 Å². The largest absolute Gasteiger partial charge is 0.393 e. The van der Waals surface area contributed by atoms with Gasteiger partial charge in [-0.25, -0.2) is 0 Å². The number of aliphatic hydroxyl groups is 1. The average molecular weight is 255 g/mol. The zero-order valence-electron chi connectivity index (χ0n) is 8.55. The molecular formula is C9H19BrO3. The Labute approximate surface area is 88.5 Å². The number of hydrogen-bond donors (Lipinski definition) is 1. The van der Waals surface area contributed by atoms with Crippen LogP contribution in [0, 0.1) is 0 Å². The van der Waals surface area contributed by atoms with Crippen LogP contribution >= 0.6 is 15.9 Å². The van der Waals surface area contributed by atoms with Crippen LogP contribution in [0.15, 0.2) is 0 Å². The SMILES string of the molecule is CCCC(O)CC(CBr)(OC)OC. The number of alkyl halides is 1. The first-order valence-electron chi connectivity index (χ1n) is 4.48. The van der Waals surface area contributed by atoms with Gasteiger partial charge < -0.3 is 14.6 Å². The first-order valence-corrected chi connectivity index (χ1v) is 5.60. The van der Waals surface area contributed by atoms with E-state index in [4.69, 9.17) is 9.47 Å². The molecule has 0 aromatic rings. The second-order valence-corrected chi connectivity index (χ2v) is 3.66. The first kappa shape index (κ1) is 13.4. The molecule has 0 rings (SSSR count). The predicted molar refractivity (Wildman–Crippen MR) is 56.1 cm³/mol. The van der Waals surface area contributed by atoms with E-state index in [2.05, 4.69) is 15.9 Å². The van der Waals surface area contributed by atoms with E-state index in [1.807, 2.05) is 6.92 Å². The van der Waals surface area contributed by atoms with Crippen LogP contribution in [0.1, 0.15) is 26.2 Å². The second kappa shape index (κ2) is 6.76. The molecule has 0 fully saturated rings. The van der Waals surface area contributed by atoms with E-state index in [1.165, 1.54) is 0 Å². The molecule has 13 heavy (non-hydrogen) atoms. The molecule has 0 aliphatic heterocycles. The number of aliphatic hydroxyl groups excluding tert-OH is 1. The third-order valence-electron chi connectivity index (χ3n) is 2.12. The Kier molecular flexibility index (Phi) is 6.95. The van der Waals surface area contributed by atoms with Gasteiger partial charge in [-0.1, -0.05) is 29.3 Å². The highest BCUT2D eigenvalue weighted by atomic mass is 79.9. The van der Waals surface area contributed by atoms with Gasteiger partial charge >= 0.3 is 0 Å². The van der Waals surface area contributed by atoms with Crippen LogP contribution in [0.5, 0.6) is 0 Å². The van der Waals surface area contributed by atoms with Gasteiger partial charge in [0.2, 0.25) is 0 Å². The maximum absolute atomic E-state index is 9.60. The van der Waals surface area contributed by atoms with Crippen molar-refractivity contribution in [2.45, 2.75) is 38.1 Å². The zero-order valence-corrected chi connectivity index (χ0v) is 10.1. The Hall–Kier alpha value is 0.360. The number of rotatable bonds is 7. The minimum atomic E-state index is -0.686. The molecule has 0 spiro atoms. The summed E-state index contributed by atoms with van der Waals surface area (Å²) in [6.07, 6.45) is 1.88. The Morgan fingerprint density at radius 1 is 1.38 bits per heavy atom. The summed E-state index contributed by atoms with van der Waals surface area (Å²) in [4.78, 5) is 0. The van der Waals surface area contributed by atoms with Crippen molar-refractivity contribution in [1.82, 2.24) is 0 Å². The molecule has 1 atom stereocenters. The normalized spacial score (nSPS) is 14.5. The number of methoxy groups -OCH3 is 2. The Balaban J connectivity index is 4.07. The van der Waals surface area contributed by atoms with Crippen molar-refractivity contribution in [3.8, 4) is 0 Å². The molecule has 4 heteroatoms. The molecule has 0 aliphatic carbocycles. The number of ether oxygens (including phenoxy) is 2. The van der Waals surface area contributed by atoms with E-state index in [1.54, 1.807) is 14.2 Å². The number of halogens is 1. The van der Waals surface area contributed by atoms with Crippen molar-refractivity contribution >= 4 is 15.9 Å². The standard InChI is InChI=1S/C9H19BrO3/c1-4-5-8(11)6-9(7-10,12-2)13-3/h8,11H,4-7H2,1-3H3. The summed E-state index contributed by atoms with van der Waals surface area (Å²) in [6.45, 7) is 2.04.